The van der Waals surface area contributed by atoms with Gasteiger partial charge in [0.15, 0.2) is 0 Å². The zero-order valence-corrected chi connectivity index (χ0v) is 16.4. The zero-order valence-electron chi connectivity index (χ0n) is 16.4. The minimum Gasteiger partial charge on any atom is -0.507 e. The van der Waals surface area contributed by atoms with Crippen LogP contribution < -0.4 is 0 Å². The molecule has 1 N–H and O–H groups in total. The lowest BCUT2D eigenvalue weighted by molar-refractivity contribution is -0.140. The second-order valence-electron chi connectivity index (χ2n) is 7.13. The number of aliphatic hydroxyl groups is 1. The highest BCUT2D eigenvalue weighted by Gasteiger charge is 2.45. The molecule has 6 nitrogen and oxygen atoms in total. The number of likely N-dealkylation sites (N-methyl/N-ethyl adjacent to an activating group) is 1. The number of benzene rings is 1. The lowest BCUT2D eigenvalue weighted by Crippen LogP contribution is -2.35. The van der Waals surface area contributed by atoms with Crippen molar-refractivity contribution in [1.82, 2.24) is 14.8 Å². The van der Waals surface area contributed by atoms with Crippen molar-refractivity contribution in [2.45, 2.75) is 19.4 Å². The van der Waals surface area contributed by atoms with Crippen molar-refractivity contribution < 1.29 is 14.7 Å². The van der Waals surface area contributed by atoms with E-state index in [9.17, 15) is 14.7 Å². The molecule has 6 heteroatoms. The van der Waals surface area contributed by atoms with E-state index in [1.807, 2.05) is 43.3 Å². The molecule has 1 amide bonds. The van der Waals surface area contributed by atoms with Crippen molar-refractivity contribution in [1.29, 1.82) is 0 Å². The first-order valence-electron chi connectivity index (χ1n) is 9.36. The van der Waals surface area contributed by atoms with Crippen molar-refractivity contribution in [3.63, 3.8) is 0 Å². The number of aromatic nitrogens is 1. The predicted octanol–water partition coefficient (Wildman–Crippen LogP) is 2.63. The Morgan fingerprint density at radius 2 is 1.75 bits per heavy atom. The van der Waals surface area contributed by atoms with E-state index in [-0.39, 0.29) is 11.3 Å². The molecule has 1 atom stereocenters. The number of nitrogens with zero attached hydrogens (tertiary/aromatic N) is 3. The van der Waals surface area contributed by atoms with Gasteiger partial charge in [0.1, 0.15) is 5.76 Å². The van der Waals surface area contributed by atoms with Crippen molar-refractivity contribution >= 4 is 17.4 Å². The second-order valence-corrected chi connectivity index (χ2v) is 7.13. The molecule has 0 radical (unpaired) electrons. The fraction of sp³-hybridized carbons (Fsp3) is 0.318. The van der Waals surface area contributed by atoms with Crippen molar-refractivity contribution in [3.8, 4) is 0 Å². The summed E-state index contributed by atoms with van der Waals surface area (Å²) in [6, 6.07) is 10.5. The van der Waals surface area contributed by atoms with Crippen LogP contribution in [0.25, 0.3) is 5.76 Å². The summed E-state index contributed by atoms with van der Waals surface area (Å²) in [7, 11) is 3.83. The monoisotopic (exact) mass is 379 g/mol. The van der Waals surface area contributed by atoms with Crippen LogP contribution in [0.1, 0.15) is 29.7 Å². The van der Waals surface area contributed by atoms with E-state index in [1.165, 1.54) is 5.56 Å². The maximum Gasteiger partial charge on any atom is 0.295 e. The number of likely N-dealkylation sites (tertiary alicyclic amines) is 1. The lowest BCUT2D eigenvalue weighted by Gasteiger charge is -2.26. The number of aryl methyl sites for hydroxylation is 1. The Hall–Kier alpha value is -2.99. The maximum absolute atomic E-state index is 12.8. The fourth-order valence-corrected chi connectivity index (χ4v) is 3.37. The highest BCUT2D eigenvalue weighted by Crippen LogP contribution is 2.39. The van der Waals surface area contributed by atoms with Crippen LogP contribution in [0.3, 0.4) is 0 Å². The molecule has 2 aromatic rings. The summed E-state index contributed by atoms with van der Waals surface area (Å²) in [5.41, 5.74) is 2.57. The summed E-state index contributed by atoms with van der Waals surface area (Å²) in [4.78, 5) is 33.1. The molecule has 1 fully saturated rings. The molecule has 146 valence electrons. The lowest BCUT2D eigenvalue weighted by atomic mass is 9.94. The molecule has 1 aromatic heterocycles. The van der Waals surface area contributed by atoms with E-state index in [4.69, 9.17) is 0 Å². The third-order valence-electron chi connectivity index (χ3n) is 4.99. The Bertz CT molecular complexity index is 889. The summed E-state index contributed by atoms with van der Waals surface area (Å²) in [6.45, 7) is 3.08. The first-order valence-corrected chi connectivity index (χ1v) is 9.36. The van der Waals surface area contributed by atoms with Crippen LogP contribution in [-0.4, -0.2) is 58.8 Å². The van der Waals surface area contributed by atoms with Gasteiger partial charge in [0.05, 0.1) is 11.6 Å². The highest BCUT2D eigenvalue weighted by atomic mass is 16.3. The van der Waals surface area contributed by atoms with Crippen LogP contribution in [0, 0.1) is 0 Å². The Balaban J connectivity index is 2.12. The van der Waals surface area contributed by atoms with Gasteiger partial charge in [-0.2, -0.15) is 0 Å². The average molecular weight is 379 g/mol. The Kier molecular flexibility index (Phi) is 5.90. The summed E-state index contributed by atoms with van der Waals surface area (Å²) in [5.74, 6) is -1.41. The van der Waals surface area contributed by atoms with Gasteiger partial charge in [-0.05, 0) is 43.8 Å². The van der Waals surface area contributed by atoms with Gasteiger partial charge in [-0.15, -0.1) is 0 Å². The van der Waals surface area contributed by atoms with E-state index in [1.54, 1.807) is 29.4 Å². The van der Waals surface area contributed by atoms with Gasteiger partial charge in [0.25, 0.3) is 11.7 Å². The molecule has 3 rings (SSSR count). The number of carbonyl (C=O) groups excluding carboxylic acids is 2. The maximum atomic E-state index is 12.8. The van der Waals surface area contributed by atoms with E-state index >= 15 is 0 Å². The van der Waals surface area contributed by atoms with Gasteiger partial charge >= 0.3 is 0 Å². The molecule has 0 spiro atoms. The van der Waals surface area contributed by atoms with Crippen molar-refractivity contribution in [2.75, 3.05) is 27.2 Å². The minimum absolute atomic E-state index is 0.124. The van der Waals surface area contributed by atoms with Crippen LogP contribution in [0.5, 0.6) is 0 Å². The van der Waals surface area contributed by atoms with Crippen LogP contribution in [0.2, 0.25) is 0 Å². The van der Waals surface area contributed by atoms with Crippen LogP contribution in [-0.2, 0) is 16.0 Å². The standard InChI is InChI=1S/C22H25N3O3/c1-4-15-5-7-16(8-6-15)19-18(20(26)17-9-11-23-12-10-17)21(27)22(28)25(19)14-13-24(2)3/h5-12,19,26H,4,13-14H2,1-3H3/b20-18-. The number of carbonyl (C=O) groups is 2. The molecule has 1 unspecified atom stereocenters. The Labute approximate surface area is 165 Å². The van der Waals surface area contributed by atoms with Crippen LogP contribution in [0.15, 0.2) is 54.4 Å². The van der Waals surface area contributed by atoms with Crippen LogP contribution in [0.4, 0.5) is 0 Å². The largest absolute Gasteiger partial charge is 0.507 e. The predicted molar refractivity (Wildman–Crippen MR) is 108 cm³/mol. The number of hydrogen-bond acceptors (Lipinski definition) is 5. The third kappa shape index (κ3) is 3.82. The fourth-order valence-electron chi connectivity index (χ4n) is 3.37. The number of pyridine rings is 1. The van der Waals surface area contributed by atoms with Gasteiger partial charge < -0.3 is 14.9 Å². The molecule has 2 heterocycles. The van der Waals surface area contributed by atoms with Gasteiger partial charge in [0.2, 0.25) is 0 Å². The number of Topliss-reactive ketones (excluding diaryl/α,β-unsaturated/α-hetero) is 1. The van der Waals surface area contributed by atoms with Gasteiger partial charge in [0, 0.05) is 31.0 Å². The Morgan fingerprint density at radius 3 is 2.32 bits per heavy atom. The third-order valence-corrected chi connectivity index (χ3v) is 4.99. The summed E-state index contributed by atoms with van der Waals surface area (Å²) < 4.78 is 0. The quantitative estimate of drug-likeness (QED) is 0.474. The molecule has 0 saturated carbocycles. The minimum atomic E-state index is -0.655. The van der Waals surface area contributed by atoms with E-state index in [0.717, 1.165) is 12.0 Å². The summed E-state index contributed by atoms with van der Waals surface area (Å²) in [6.07, 6.45) is 3.99. The van der Waals surface area contributed by atoms with Crippen molar-refractivity contribution in [2.24, 2.45) is 0 Å². The van der Waals surface area contributed by atoms with Gasteiger partial charge in [-0.3, -0.25) is 14.6 Å². The van der Waals surface area contributed by atoms with E-state index < -0.39 is 17.7 Å². The summed E-state index contributed by atoms with van der Waals surface area (Å²) in [5, 5.41) is 10.9. The smallest absolute Gasteiger partial charge is 0.295 e. The number of rotatable bonds is 6. The Morgan fingerprint density at radius 1 is 1.11 bits per heavy atom. The summed E-state index contributed by atoms with van der Waals surface area (Å²) >= 11 is 0. The first-order chi connectivity index (χ1) is 13.4. The highest BCUT2D eigenvalue weighted by molar-refractivity contribution is 6.46. The SMILES string of the molecule is CCc1ccc(C2/C(=C(/O)c3ccncc3)C(=O)C(=O)N2CCN(C)C)cc1. The van der Waals surface area contributed by atoms with Gasteiger partial charge in [-0.1, -0.05) is 31.2 Å². The van der Waals surface area contributed by atoms with E-state index in [0.29, 0.717) is 18.7 Å². The number of ketones is 1. The van der Waals surface area contributed by atoms with Crippen LogP contribution >= 0.6 is 0 Å². The number of hydrogen-bond donors (Lipinski definition) is 1. The van der Waals surface area contributed by atoms with E-state index in [2.05, 4.69) is 11.9 Å². The topological polar surface area (TPSA) is 73.7 Å². The molecule has 28 heavy (non-hydrogen) atoms. The van der Waals surface area contributed by atoms with Crippen molar-refractivity contribution in [3.05, 3.63) is 71.1 Å². The average Bonchev–Trinajstić information content (AvgIpc) is 2.97. The molecule has 0 aliphatic carbocycles. The molecule has 1 aromatic carbocycles. The molecule has 1 aliphatic rings. The normalized spacial score (nSPS) is 18.9. The molecule has 1 saturated heterocycles. The molecule has 0 bridgehead atoms. The number of aliphatic hydroxyl groups excluding tert-OH is 1. The second kappa shape index (κ2) is 8.35. The molecular formula is C22H25N3O3. The molecular weight excluding hydrogens is 354 g/mol. The zero-order chi connectivity index (χ0) is 20.3. The number of amides is 1. The van der Waals surface area contributed by atoms with Gasteiger partial charge in [-0.25, -0.2) is 0 Å². The molecule has 1 aliphatic heterocycles. The first kappa shape index (κ1) is 19.8.